The van der Waals surface area contributed by atoms with E-state index in [0.717, 1.165) is 19.3 Å². The molecule has 18 heavy (non-hydrogen) atoms. The maximum absolute atomic E-state index is 11.9. The van der Waals surface area contributed by atoms with E-state index < -0.39 is 0 Å². The second kappa shape index (κ2) is 4.71. The van der Waals surface area contributed by atoms with Gasteiger partial charge in [-0.3, -0.25) is 0 Å². The number of rotatable bonds is 2. The van der Waals surface area contributed by atoms with Gasteiger partial charge < -0.3 is 4.74 Å². The SMILES string of the molecule is C=C(C)C(=O)OC1(C)CCCCC1(C)C(C)(C)C. The largest absolute Gasteiger partial charge is 0.455 e. The van der Waals surface area contributed by atoms with Crippen LogP contribution in [0.3, 0.4) is 0 Å². The summed E-state index contributed by atoms with van der Waals surface area (Å²) in [5, 5.41) is 0. The maximum Gasteiger partial charge on any atom is 0.333 e. The lowest BCUT2D eigenvalue weighted by molar-refractivity contribution is -0.192. The summed E-state index contributed by atoms with van der Waals surface area (Å²) < 4.78 is 5.84. The Morgan fingerprint density at radius 3 is 2.11 bits per heavy atom. The van der Waals surface area contributed by atoms with Crippen LogP contribution in [0.2, 0.25) is 0 Å². The Kier molecular flexibility index (Phi) is 4.00. The van der Waals surface area contributed by atoms with Crippen molar-refractivity contribution in [1.82, 2.24) is 0 Å². The molecule has 0 aliphatic heterocycles. The van der Waals surface area contributed by atoms with Crippen molar-refractivity contribution in [3.63, 3.8) is 0 Å². The minimum atomic E-state index is -0.389. The molecule has 0 bridgehead atoms. The van der Waals surface area contributed by atoms with Gasteiger partial charge in [0, 0.05) is 11.0 Å². The zero-order valence-electron chi connectivity index (χ0n) is 12.9. The van der Waals surface area contributed by atoms with E-state index in [2.05, 4.69) is 41.2 Å². The Morgan fingerprint density at radius 1 is 1.17 bits per heavy atom. The second-order valence-corrected chi connectivity index (χ2v) is 7.19. The van der Waals surface area contributed by atoms with E-state index >= 15 is 0 Å². The van der Waals surface area contributed by atoms with Gasteiger partial charge in [0.05, 0.1) is 0 Å². The van der Waals surface area contributed by atoms with Gasteiger partial charge >= 0.3 is 5.97 Å². The molecule has 2 atom stereocenters. The van der Waals surface area contributed by atoms with Crippen molar-refractivity contribution in [1.29, 1.82) is 0 Å². The molecule has 1 aliphatic carbocycles. The minimum Gasteiger partial charge on any atom is -0.455 e. The molecule has 0 radical (unpaired) electrons. The lowest BCUT2D eigenvalue weighted by Crippen LogP contribution is -2.56. The molecule has 2 nitrogen and oxygen atoms in total. The van der Waals surface area contributed by atoms with Crippen LogP contribution < -0.4 is 0 Å². The van der Waals surface area contributed by atoms with Crippen LogP contribution in [0.5, 0.6) is 0 Å². The summed E-state index contributed by atoms with van der Waals surface area (Å²) in [6, 6.07) is 0. The van der Waals surface area contributed by atoms with Crippen molar-refractivity contribution in [2.24, 2.45) is 10.8 Å². The topological polar surface area (TPSA) is 26.3 Å². The van der Waals surface area contributed by atoms with Gasteiger partial charge in [-0.15, -0.1) is 0 Å². The molecule has 0 aromatic heterocycles. The second-order valence-electron chi connectivity index (χ2n) is 7.19. The van der Waals surface area contributed by atoms with E-state index in [1.54, 1.807) is 6.92 Å². The average Bonchev–Trinajstić information content (AvgIpc) is 2.20. The molecule has 1 rings (SSSR count). The Hall–Kier alpha value is -0.790. The number of hydrogen-bond donors (Lipinski definition) is 0. The molecule has 0 aromatic rings. The van der Waals surface area contributed by atoms with Gasteiger partial charge in [-0.2, -0.15) is 0 Å². The normalized spacial score (nSPS) is 33.0. The summed E-state index contributed by atoms with van der Waals surface area (Å²) in [6.07, 6.45) is 4.40. The van der Waals surface area contributed by atoms with Gasteiger partial charge in [0.15, 0.2) is 0 Å². The van der Waals surface area contributed by atoms with Crippen LogP contribution >= 0.6 is 0 Å². The van der Waals surface area contributed by atoms with E-state index in [-0.39, 0.29) is 22.4 Å². The van der Waals surface area contributed by atoms with Gasteiger partial charge in [0.1, 0.15) is 5.60 Å². The number of esters is 1. The highest BCUT2D eigenvalue weighted by Gasteiger charge is 2.55. The fourth-order valence-corrected chi connectivity index (χ4v) is 3.10. The first kappa shape index (κ1) is 15.3. The van der Waals surface area contributed by atoms with Crippen LogP contribution in [0.15, 0.2) is 12.2 Å². The summed E-state index contributed by atoms with van der Waals surface area (Å²) in [5.41, 5.74) is 0.207. The summed E-state index contributed by atoms with van der Waals surface area (Å²) in [6.45, 7) is 16.5. The average molecular weight is 252 g/mol. The Morgan fingerprint density at radius 2 is 1.67 bits per heavy atom. The van der Waals surface area contributed by atoms with Gasteiger partial charge in [0.25, 0.3) is 0 Å². The lowest BCUT2D eigenvalue weighted by atomic mass is 9.53. The monoisotopic (exact) mass is 252 g/mol. The minimum absolute atomic E-state index is 0.00333. The summed E-state index contributed by atoms with van der Waals surface area (Å²) >= 11 is 0. The Labute approximate surface area is 112 Å². The van der Waals surface area contributed by atoms with Crippen molar-refractivity contribution < 1.29 is 9.53 Å². The van der Waals surface area contributed by atoms with Crippen LogP contribution in [0.25, 0.3) is 0 Å². The third-order valence-electron chi connectivity index (χ3n) is 5.07. The molecule has 2 unspecified atom stereocenters. The molecular weight excluding hydrogens is 224 g/mol. The molecule has 0 heterocycles. The van der Waals surface area contributed by atoms with Crippen molar-refractivity contribution in [2.45, 2.75) is 72.8 Å². The van der Waals surface area contributed by atoms with Crippen molar-refractivity contribution >= 4 is 5.97 Å². The molecule has 0 spiro atoms. The molecule has 2 heteroatoms. The summed E-state index contributed by atoms with van der Waals surface area (Å²) in [4.78, 5) is 11.9. The predicted octanol–water partition coefficient (Wildman–Crippen LogP) is 4.49. The van der Waals surface area contributed by atoms with E-state index in [1.807, 2.05) is 0 Å². The fraction of sp³-hybridized carbons (Fsp3) is 0.812. The molecule has 104 valence electrons. The van der Waals surface area contributed by atoms with Gasteiger partial charge in [-0.1, -0.05) is 40.7 Å². The van der Waals surface area contributed by atoms with E-state index in [1.165, 1.54) is 6.42 Å². The quantitative estimate of drug-likeness (QED) is 0.534. The van der Waals surface area contributed by atoms with Crippen LogP contribution in [0.4, 0.5) is 0 Å². The van der Waals surface area contributed by atoms with Crippen molar-refractivity contribution in [3.05, 3.63) is 12.2 Å². The predicted molar refractivity (Wildman–Crippen MR) is 75.3 cm³/mol. The molecule has 1 aliphatic rings. The third-order valence-corrected chi connectivity index (χ3v) is 5.07. The number of hydrogen-bond acceptors (Lipinski definition) is 2. The van der Waals surface area contributed by atoms with Crippen LogP contribution in [0, 0.1) is 10.8 Å². The molecule has 0 saturated heterocycles. The number of ether oxygens (including phenoxy) is 1. The first-order valence-electron chi connectivity index (χ1n) is 6.92. The van der Waals surface area contributed by atoms with E-state index in [4.69, 9.17) is 4.74 Å². The highest BCUT2D eigenvalue weighted by molar-refractivity contribution is 5.87. The third kappa shape index (κ3) is 2.48. The Bertz CT molecular complexity index is 351. The van der Waals surface area contributed by atoms with Crippen molar-refractivity contribution in [3.8, 4) is 0 Å². The van der Waals surface area contributed by atoms with Crippen LogP contribution in [-0.2, 0) is 9.53 Å². The standard InChI is InChI=1S/C16H28O2/c1-12(2)13(17)18-16(7)11-9-8-10-15(16,6)14(3,4)5/h1,8-11H2,2-7H3. The fourth-order valence-electron chi connectivity index (χ4n) is 3.10. The molecule has 0 aromatic carbocycles. The number of carbonyl (C=O) groups excluding carboxylic acids is 1. The molecule has 0 N–H and O–H groups in total. The smallest absolute Gasteiger partial charge is 0.333 e. The van der Waals surface area contributed by atoms with Crippen LogP contribution in [-0.4, -0.2) is 11.6 Å². The first-order valence-corrected chi connectivity index (χ1v) is 6.92. The highest BCUT2D eigenvalue weighted by Crippen LogP contribution is 2.56. The molecule has 1 fully saturated rings. The first-order chi connectivity index (χ1) is 8.03. The zero-order valence-corrected chi connectivity index (χ0v) is 12.9. The lowest BCUT2D eigenvalue weighted by Gasteiger charge is -2.56. The molecule has 0 amide bonds. The summed E-state index contributed by atoms with van der Waals surface area (Å²) in [7, 11) is 0. The highest BCUT2D eigenvalue weighted by atomic mass is 16.6. The van der Waals surface area contributed by atoms with Gasteiger partial charge in [0.2, 0.25) is 0 Å². The summed E-state index contributed by atoms with van der Waals surface area (Å²) in [5.74, 6) is -0.255. The molecule has 1 saturated carbocycles. The van der Waals surface area contributed by atoms with Gasteiger partial charge in [-0.05, 0) is 38.5 Å². The maximum atomic E-state index is 11.9. The Balaban J connectivity index is 3.08. The van der Waals surface area contributed by atoms with E-state index in [9.17, 15) is 4.79 Å². The molecular formula is C16H28O2. The van der Waals surface area contributed by atoms with Gasteiger partial charge in [-0.25, -0.2) is 4.79 Å². The van der Waals surface area contributed by atoms with E-state index in [0.29, 0.717) is 5.57 Å². The zero-order chi connectivity index (χ0) is 14.2. The van der Waals surface area contributed by atoms with Crippen molar-refractivity contribution in [2.75, 3.05) is 0 Å². The van der Waals surface area contributed by atoms with Crippen LogP contribution in [0.1, 0.15) is 67.2 Å². The number of carbonyl (C=O) groups is 1.